The van der Waals surface area contributed by atoms with E-state index in [1.807, 2.05) is 12.3 Å². The number of anilines is 1. The van der Waals surface area contributed by atoms with Crippen LogP contribution in [0, 0.1) is 15.0 Å². The molecule has 2 atom stereocenters. The third-order valence-electron chi connectivity index (χ3n) is 6.88. The molecule has 5 heterocycles. The summed E-state index contributed by atoms with van der Waals surface area (Å²) in [7, 11) is 0. The van der Waals surface area contributed by atoms with Crippen molar-refractivity contribution in [1.82, 2.24) is 19.6 Å². The molecule has 0 N–H and O–H groups in total. The van der Waals surface area contributed by atoms with Crippen LogP contribution in [0.2, 0.25) is 0 Å². The fourth-order valence-corrected chi connectivity index (χ4v) is 5.58. The summed E-state index contributed by atoms with van der Waals surface area (Å²) in [6.07, 6.45) is 11.7. The van der Waals surface area contributed by atoms with Gasteiger partial charge in [0.05, 0.1) is 36.4 Å². The monoisotopic (exact) mass is 572 g/mol. The van der Waals surface area contributed by atoms with Gasteiger partial charge in [0.1, 0.15) is 32.7 Å². The molecule has 34 heavy (non-hydrogen) atoms. The van der Waals surface area contributed by atoms with Crippen LogP contribution >= 0.6 is 22.6 Å². The molecule has 1 aliphatic carbocycles. The Kier molecular flexibility index (Phi) is 5.90. The second-order valence-corrected chi connectivity index (χ2v) is 10.3. The Balaban J connectivity index is 1.19. The van der Waals surface area contributed by atoms with Gasteiger partial charge in [0.15, 0.2) is 0 Å². The first kappa shape index (κ1) is 21.9. The van der Waals surface area contributed by atoms with E-state index in [2.05, 4.69) is 54.7 Å². The topological polar surface area (TPSA) is 97.8 Å². The predicted octanol–water partition coefficient (Wildman–Crippen LogP) is 3.74. The van der Waals surface area contributed by atoms with Crippen LogP contribution in [0.4, 0.5) is 5.69 Å². The summed E-state index contributed by atoms with van der Waals surface area (Å²) in [5.74, 6) is 0.718. The fraction of sp³-hybridized carbons (Fsp3) is 0.500. The first-order valence-corrected chi connectivity index (χ1v) is 12.9. The molecule has 3 aromatic rings. The third-order valence-corrected chi connectivity index (χ3v) is 7.48. The van der Waals surface area contributed by atoms with Crippen LogP contribution in [0.15, 0.2) is 30.7 Å². The van der Waals surface area contributed by atoms with Crippen molar-refractivity contribution in [1.29, 1.82) is 5.26 Å². The van der Waals surface area contributed by atoms with Gasteiger partial charge in [0.2, 0.25) is 0 Å². The van der Waals surface area contributed by atoms with Gasteiger partial charge in [-0.3, -0.25) is 0 Å². The molecule has 0 radical (unpaired) electrons. The minimum Gasteiger partial charge on any atom is -0.488 e. The van der Waals surface area contributed by atoms with E-state index < -0.39 is 0 Å². The van der Waals surface area contributed by atoms with Gasteiger partial charge in [0, 0.05) is 25.4 Å². The highest BCUT2D eigenvalue weighted by Gasteiger charge is 2.34. The standard InChI is InChI=1S/C24H25IN6O3/c25-22-7-8-27-24(29-22)34-18-3-1-17(2-4-18)33-21-9-16(12-31-23(21)15(10-26)11-28-31)30-13-19-5-6-20(14-30)32-19/h7-9,11-12,17-20H,1-6,13-14H2. The largest absolute Gasteiger partial charge is 0.488 e. The molecule has 0 spiro atoms. The number of pyridine rings is 1. The summed E-state index contributed by atoms with van der Waals surface area (Å²) in [6.45, 7) is 1.74. The van der Waals surface area contributed by atoms with Gasteiger partial charge < -0.3 is 19.1 Å². The van der Waals surface area contributed by atoms with E-state index in [-0.39, 0.29) is 12.2 Å². The summed E-state index contributed by atoms with van der Waals surface area (Å²) >= 11 is 2.16. The zero-order chi connectivity index (χ0) is 23.1. The molecule has 2 saturated heterocycles. The van der Waals surface area contributed by atoms with Crippen LogP contribution in [0.3, 0.4) is 0 Å². The Hall–Kier alpha value is -2.65. The molecule has 2 unspecified atom stereocenters. The molecular weight excluding hydrogens is 547 g/mol. The summed E-state index contributed by atoms with van der Waals surface area (Å²) in [6, 6.07) is 6.61. The first-order chi connectivity index (χ1) is 16.6. The molecule has 2 bridgehead atoms. The molecule has 6 rings (SSSR count). The second kappa shape index (κ2) is 9.19. The summed E-state index contributed by atoms with van der Waals surface area (Å²) in [4.78, 5) is 10.9. The number of morpholine rings is 1. The summed E-state index contributed by atoms with van der Waals surface area (Å²) in [5.41, 5.74) is 2.31. The highest BCUT2D eigenvalue weighted by molar-refractivity contribution is 14.1. The molecule has 0 amide bonds. The zero-order valence-corrected chi connectivity index (χ0v) is 20.8. The normalized spacial score (nSPS) is 26.4. The molecule has 10 heteroatoms. The number of nitrogens with zero attached hydrogens (tertiary/aromatic N) is 6. The Morgan fingerprint density at radius 3 is 2.50 bits per heavy atom. The molecule has 2 aliphatic heterocycles. The molecule has 1 saturated carbocycles. The SMILES string of the molecule is N#Cc1cnn2cc(N3CC4CCC(C3)O4)cc(OC3CCC(Oc4nccc(I)n4)CC3)c12. The smallest absolute Gasteiger partial charge is 0.317 e. The van der Waals surface area contributed by atoms with E-state index in [0.29, 0.717) is 23.8 Å². The Labute approximate surface area is 211 Å². The van der Waals surface area contributed by atoms with Crippen LogP contribution in [0.1, 0.15) is 44.1 Å². The third kappa shape index (κ3) is 4.38. The maximum atomic E-state index is 9.63. The highest BCUT2D eigenvalue weighted by atomic mass is 127. The lowest BCUT2D eigenvalue weighted by molar-refractivity contribution is 0.0304. The van der Waals surface area contributed by atoms with Gasteiger partial charge in [-0.2, -0.15) is 15.3 Å². The summed E-state index contributed by atoms with van der Waals surface area (Å²) in [5, 5.41) is 14.1. The molecule has 3 aliphatic rings. The lowest BCUT2D eigenvalue weighted by Gasteiger charge is -2.34. The molecular formula is C24H25IN6O3. The Morgan fingerprint density at radius 2 is 1.79 bits per heavy atom. The maximum Gasteiger partial charge on any atom is 0.317 e. The van der Waals surface area contributed by atoms with E-state index in [4.69, 9.17) is 14.2 Å². The van der Waals surface area contributed by atoms with Crippen molar-refractivity contribution in [3.8, 4) is 17.8 Å². The van der Waals surface area contributed by atoms with E-state index >= 15 is 0 Å². The van der Waals surface area contributed by atoms with Gasteiger partial charge in [-0.15, -0.1) is 0 Å². The van der Waals surface area contributed by atoms with Gasteiger partial charge in [-0.25, -0.2) is 9.50 Å². The van der Waals surface area contributed by atoms with E-state index in [9.17, 15) is 5.26 Å². The van der Waals surface area contributed by atoms with Crippen molar-refractivity contribution in [3.63, 3.8) is 0 Å². The van der Waals surface area contributed by atoms with Crippen molar-refractivity contribution < 1.29 is 14.2 Å². The lowest BCUT2D eigenvalue weighted by Crippen LogP contribution is -2.42. The van der Waals surface area contributed by atoms with Crippen molar-refractivity contribution >= 4 is 33.8 Å². The molecule has 3 fully saturated rings. The molecule has 176 valence electrons. The molecule has 9 nitrogen and oxygen atoms in total. The van der Waals surface area contributed by atoms with Crippen molar-refractivity contribution in [3.05, 3.63) is 40.0 Å². The molecule has 0 aromatic carbocycles. The number of halogens is 1. The zero-order valence-electron chi connectivity index (χ0n) is 18.6. The number of nitriles is 1. The van der Waals surface area contributed by atoms with Crippen LogP contribution in [-0.2, 0) is 4.74 Å². The average molecular weight is 572 g/mol. The highest BCUT2D eigenvalue weighted by Crippen LogP contribution is 2.35. The minimum absolute atomic E-state index is 0.0537. The minimum atomic E-state index is 0.0537. The number of fused-ring (bicyclic) bond motifs is 3. The first-order valence-electron chi connectivity index (χ1n) is 11.8. The van der Waals surface area contributed by atoms with Crippen LogP contribution in [0.25, 0.3) is 5.52 Å². The predicted molar refractivity (Wildman–Crippen MR) is 132 cm³/mol. The van der Waals surface area contributed by atoms with Crippen LogP contribution < -0.4 is 14.4 Å². The summed E-state index contributed by atoms with van der Waals surface area (Å²) < 4.78 is 21.2. The van der Waals surface area contributed by atoms with Gasteiger partial charge in [0.25, 0.3) is 0 Å². The van der Waals surface area contributed by atoms with Gasteiger partial charge >= 0.3 is 6.01 Å². The van der Waals surface area contributed by atoms with Crippen molar-refractivity contribution in [2.75, 3.05) is 18.0 Å². The fourth-order valence-electron chi connectivity index (χ4n) is 5.21. The number of rotatable bonds is 5. The van der Waals surface area contributed by atoms with Crippen molar-refractivity contribution in [2.24, 2.45) is 0 Å². The lowest BCUT2D eigenvalue weighted by atomic mass is 9.95. The number of hydrogen-bond donors (Lipinski definition) is 0. The Bertz CT molecular complexity index is 1220. The van der Waals surface area contributed by atoms with Gasteiger partial charge in [-0.1, -0.05) is 0 Å². The van der Waals surface area contributed by atoms with Crippen LogP contribution in [0.5, 0.6) is 11.8 Å². The van der Waals surface area contributed by atoms with E-state index in [1.54, 1.807) is 16.9 Å². The van der Waals surface area contributed by atoms with Gasteiger partial charge in [-0.05, 0) is 67.2 Å². The average Bonchev–Trinajstić information content (AvgIpc) is 3.42. The maximum absolute atomic E-state index is 9.63. The van der Waals surface area contributed by atoms with E-state index in [0.717, 1.165) is 72.3 Å². The number of aromatic nitrogens is 4. The Morgan fingerprint density at radius 1 is 1.06 bits per heavy atom. The van der Waals surface area contributed by atoms with Crippen molar-refractivity contribution in [2.45, 2.75) is 62.9 Å². The second-order valence-electron chi connectivity index (χ2n) is 9.18. The number of ether oxygens (including phenoxy) is 3. The quantitative estimate of drug-likeness (QED) is 0.337. The van der Waals surface area contributed by atoms with E-state index in [1.165, 1.54) is 0 Å². The number of hydrogen-bond acceptors (Lipinski definition) is 8. The molecule has 3 aromatic heterocycles. The van der Waals surface area contributed by atoms with Crippen LogP contribution in [-0.4, -0.2) is 57.1 Å².